The Hall–Kier alpha value is -1.82. The Labute approximate surface area is 285 Å². The summed E-state index contributed by atoms with van der Waals surface area (Å²) < 4.78 is 1.66. The number of hydrogen-bond donors (Lipinski definition) is 0. The fraction of sp³-hybridized carbons (Fsp3) is 0. The highest BCUT2D eigenvalue weighted by molar-refractivity contribution is 7.31. The summed E-state index contributed by atoms with van der Waals surface area (Å²) in [6, 6.07) is 35.1. The molecule has 0 aliphatic rings. The molecule has 0 nitrogen and oxygen atoms in total. The molecule has 8 heterocycles. The predicted octanol–water partition coefficient (Wildman–Crippen LogP) is 15.2. The highest BCUT2D eigenvalue weighted by Crippen LogP contribution is 2.47. The minimum absolute atomic E-state index is 0.832. The Kier molecular flexibility index (Phi) is 7.65. The van der Waals surface area contributed by atoms with Gasteiger partial charge in [-0.25, -0.2) is 0 Å². The van der Waals surface area contributed by atoms with Crippen molar-refractivity contribution in [3.63, 3.8) is 0 Å². The zero-order chi connectivity index (χ0) is 28.2. The third kappa shape index (κ3) is 5.48. The molecule has 8 aromatic heterocycles. The number of halogens is 2. The van der Waals surface area contributed by atoms with Gasteiger partial charge in [0.25, 0.3) is 0 Å². The van der Waals surface area contributed by atoms with Crippen molar-refractivity contribution in [3.8, 4) is 68.3 Å². The molecule has 0 saturated heterocycles. The zero-order valence-corrected chi connectivity index (χ0v) is 29.3. The quantitative estimate of drug-likeness (QED) is 0.153. The van der Waals surface area contributed by atoms with Crippen LogP contribution < -0.4 is 0 Å². The van der Waals surface area contributed by atoms with Crippen LogP contribution in [0.2, 0.25) is 8.67 Å². The van der Waals surface area contributed by atoms with Crippen LogP contribution >= 0.6 is 114 Å². The Balaban J connectivity index is 0.990. The Bertz CT molecular complexity index is 2000. The van der Waals surface area contributed by atoms with Gasteiger partial charge >= 0.3 is 0 Å². The summed E-state index contributed by atoms with van der Waals surface area (Å²) in [6.07, 6.45) is 0. The molecule has 0 spiro atoms. The Morgan fingerprint density at radius 1 is 0.214 bits per heavy atom. The predicted molar refractivity (Wildman–Crippen MR) is 198 cm³/mol. The number of thiophene rings is 8. The maximum Gasteiger partial charge on any atom is 0.0935 e. The monoisotopic (exact) mass is 726 g/mol. The largest absolute Gasteiger partial charge is 0.134 e. The van der Waals surface area contributed by atoms with Gasteiger partial charge in [0.15, 0.2) is 0 Å². The second-order valence-electron chi connectivity index (χ2n) is 9.19. The van der Waals surface area contributed by atoms with E-state index >= 15 is 0 Å². The topological polar surface area (TPSA) is 0 Å². The minimum atomic E-state index is 0.832. The molecule has 0 bridgehead atoms. The first-order valence-corrected chi connectivity index (χ1v) is 20.0. The molecule has 8 rings (SSSR count). The van der Waals surface area contributed by atoms with E-state index in [2.05, 4.69) is 84.9 Å². The van der Waals surface area contributed by atoms with Gasteiger partial charge in [-0.2, -0.15) is 0 Å². The molecule has 0 radical (unpaired) electrons. The lowest BCUT2D eigenvalue weighted by atomic mass is 10.3. The van der Waals surface area contributed by atoms with Crippen molar-refractivity contribution >= 4 is 114 Å². The average Bonchev–Trinajstić information content (AvgIpc) is 3.81. The molecule has 206 valence electrons. The molecule has 0 unspecified atom stereocenters. The normalized spacial score (nSPS) is 11.6. The Morgan fingerprint density at radius 2 is 0.357 bits per heavy atom. The molecule has 0 atom stereocenters. The van der Waals surface area contributed by atoms with E-state index in [-0.39, 0.29) is 0 Å². The lowest BCUT2D eigenvalue weighted by Crippen LogP contribution is -1.59. The number of rotatable bonds is 7. The van der Waals surface area contributed by atoms with Gasteiger partial charge in [0.2, 0.25) is 0 Å². The van der Waals surface area contributed by atoms with Crippen molar-refractivity contribution in [3.05, 3.63) is 106 Å². The molecule has 10 heteroatoms. The second kappa shape index (κ2) is 11.6. The lowest BCUT2D eigenvalue weighted by molar-refractivity contribution is 1.89. The first kappa shape index (κ1) is 27.7. The van der Waals surface area contributed by atoms with E-state index in [0.29, 0.717) is 0 Å². The van der Waals surface area contributed by atoms with Gasteiger partial charge in [0.05, 0.1) is 8.67 Å². The third-order valence-electron chi connectivity index (χ3n) is 6.48. The standard InChI is InChI=1S/C32H16Cl2S8/c33-31-15-13-29(41-31)27-11-9-25(39-27)23-7-5-21(37-23)19-3-1-17(35-19)18-2-4-20(36-18)22-6-8-24(38-22)26-10-12-28(40-26)30-14-16-32(34)42-30/h1-16H. The zero-order valence-electron chi connectivity index (χ0n) is 21.3. The van der Waals surface area contributed by atoms with E-state index in [1.54, 1.807) is 22.7 Å². The SMILES string of the molecule is Clc1ccc(-c2ccc(-c3ccc(-c4ccc(-c5ccc(-c6ccc(-c7ccc(-c8ccc(Cl)s8)s7)s6)s5)s4)s3)s2)s1. The van der Waals surface area contributed by atoms with Crippen molar-refractivity contribution in [2.45, 2.75) is 0 Å². The van der Waals surface area contributed by atoms with Crippen LogP contribution in [0.4, 0.5) is 0 Å². The lowest BCUT2D eigenvalue weighted by Gasteiger charge is -1.93. The number of hydrogen-bond acceptors (Lipinski definition) is 8. The van der Waals surface area contributed by atoms with Crippen LogP contribution in [-0.2, 0) is 0 Å². The maximum absolute atomic E-state index is 6.15. The Morgan fingerprint density at radius 3 is 0.500 bits per heavy atom. The first-order chi connectivity index (χ1) is 20.6. The van der Waals surface area contributed by atoms with Gasteiger partial charge in [0.1, 0.15) is 0 Å². The van der Waals surface area contributed by atoms with Gasteiger partial charge in [-0.15, -0.1) is 90.7 Å². The molecular weight excluding hydrogens is 712 g/mol. The van der Waals surface area contributed by atoms with Crippen molar-refractivity contribution in [2.24, 2.45) is 0 Å². The van der Waals surface area contributed by atoms with Crippen LogP contribution in [0.3, 0.4) is 0 Å². The highest BCUT2D eigenvalue weighted by atomic mass is 35.5. The third-order valence-corrected chi connectivity index (χ3v) is 16.8. The van der Waals surface area contributed by atoms with Crippen LogP contribution in [-0.4, -0.2) is 0 Å². The molecule has 0 aromatic carbocycles. The van der Waals surface area contributed by atoms with E-state index in [1.165, 1.54) is 68.3 Å². The maximum atomic E-state index is 6.15. The molecule has 0 N–H and O–H groups in total. The van der Waals surface area contributed by atoms with Gasteiger partial charge in [0, 0.05) is 68.3 Å². The average molecular weight is 728 g/mol. The van der Waals surface area contributed by atoms with E-state index in [0.717, 1.165) is 8.67 Å². The van der Waals surface area contributed by atoms with Crippen molar-refractivity contribution in [1.29, 1.82) is 0 Å². The first-order valence-electron chi connectivity index (χ1n) is 12.7. The summed E-state index contributed by atoms with van der Waals surface area (Å²) in [7, 11) is 0. The fourth-order valence-corrected chi connectivity index (χ4v) is 13.3. The summed E-state index contributed by atoms with van der Waals surface area (Å²) in [4.78, 5) is 18.1. The van der Waals surface area contributed by atoms with Crippen LogP contribution in [0.1, 0.15) is 0 Å². The van der Waals surface area contributed by atoms with Gasteiger partial charge in [-0.05, 0) is 97.1 Å². The summed E-state index contributed by atoms with van der Waals surface area (Å²) in [5, 5.41) is 0. The van der Waals surface area contributed by atoms with E-state index < -0.39 is 0 Å². The molecular formula is C32H16Cl2S8. The van der Waals surface area contributed by atoms with Crippen molar-refractivity contribution in [2.75, 3.05) is 0 Å². The van der Waals surface area contributed by atoms with E-state index in [4.69, 9.17) is 23.2 Å². The van der Waals surface area contributed by atoms with E-state index in [1.807, 2.05) is 80.2 Å². The summed E-state index contributed by atoms with van der Waals surface area (Å²) >= 11 is 26.7. The molecule has 0 aliphatic carbocycles. The fourth-order valence-electron chi connectivity index (χ4n) is 4.51. The molecule has 8 aromatic rings. The minimum Gasteiger partial charge on any atom is -0.134 e. The van der Waals surface area contributed by atoms with Gasteiger partial charge in [-0.3, -0.25) is 0 Å². The smallest absolute Gasteiger partial charge is 0.0935 e. The second-order valence-corrected chi connectivity index (χ2v) is 19.1. The highest BCUT2D eigenvalue weighted by Gasteiger charge is 2.15. The van der Waals surface area contributed by atoms with E-state index in [9.17, 15) is 0 Å². The summed E-state index contributed by atoms with van der Waals surface area (Å²) in [5.74, 6) is 0. The molecule has 42 heavy (non-hydrogen) atoms. The van der Waals surface area contributed by atoms with Crippen LogP contribution in [0.15, 0.2) is 97.1 Å². The van der Waals surface area contributed by atoms with Crippen molar-refractivity contribution in [1.82, 2.24) is 0 Å². The molecule has 0 aliphatic heterocycles. The van der Waals surface area contributed by atoms with Crippen LogP contribution in [0.25, 0.3) is 68.3 Å². The van der Waals surface area contributed by atoms with Gasteiger partial charge in [-0.1, -0.05) is 23.2 Å². The van der Waals surface area contributed by atoms with Crippen LogP contribution in [0.5, 0.6) is 0 Å². The van der Waals surface area contributed by atoms with Crippen molar-refractivity contribution < 1.29 is 0 Å². The van der Waals surface area contributed by atoms with Gasteiger partial charge < -0.3 is 0 Å². The summed E-state index contributed by atoms with van der Waals surface area (Å²) in [5.41, 5.74) is 0. The molecule has 0 fully saturated rings. The summed E-state index contributed by atoms with van der Waals surface area (Å²) in [6.45, 7) is 0. The molecule has 0 saturated carbocycles. The van der Waals surface area contributed by atoms with Crippen LogP contribution in [0, 0.1) is 0 Å². The molecule has 0 amide bonds.